The largest absolute Gasteiger partial charge is 0.370 e. The van der Waals surface area contributed by atoms with Crippen LogP contribution in [0.2, 0.25) is 0 Å². The van der Waals surface area contributed by atoms with Crippen molar-refractivity contribution in [3.63, 3.8) is 0 Å². The van der Waals surface area contributed by atoms with Gasteiger partial charge in [-0.3, -0.25) is 4.79 Å². The molecule has 0 saturated carbocycles. The van der Waals surface area contributed by atoms with E-state index < -0.39 is 11.7 Å². The monoisotopic (exact) mass is 364 g/mol. The maximum Gasteiger partial charge on any atom is 0.274 e. The summed E-state index contributed by atoms with van der Waals surface area (Å²) in [6.07, 6.45) is 1.91. The summed E-state index contributed by atoms with van der Waals surface area (Å²) in [7, 11) is 0. The van der Waals surface area contributed by atoms with E-state index in [0.29, 0.717) is 17.3 Å². The number of nitrogens with one attached hydrogen (secondary N) is 2. The van der Waals surface area contributed by atoms with Crippen molar-refractivity contribution in [1.82, 2.24) is 9.97 Å². The third-order valence-electron chi connectivity index (χ3n) is 3.94. The summed E-state index contributed by atoms with van der Waals surface area (Å²) < 4.78 is 13.3. The maximum absolute atomic E-state index is 13.3. The summed E-state index contributed by atoms with van der Waals surface area (Å²) in [5, 5.41) is 5.88. The van der Waals surface area contributed by atoms with Crippen LogP contribution in [0, 0.1) is 12.7 Å². The Hall–Kier alpha value is -3.28. The van der Waals surface area contributed by atoms with E-state index in [1.807, 2.05) is 18.2 Å². The highest BCUT2D eigenvalue weighted by molar-refractivity contribution is 6.03. The predicted octanol–water partition coefficient (Wildman–Crippen LogP) is 4.22. The van der Waals surface area contributed by atoms with E-state index in [0.717, 1.165) is 19.4 Å². The molecule has 27 heavy (non-hydrogen) atoms. The number of carbonyl (C=O) groups is 1. The molecule has 6 heteroatoms. The van der Waals surface area contributed by atoms with E-state index in [9.17, 15) is 9.18 Å². The summed E-state index contributed by atoms with van der Waals surface area (Å²) in [6.45, 7) is 2.46. The van der Waals surface area contributed by atoms with Gasteiger partial charge < -0.3 is 10.6 Å². The van der Waals surface area contributed by atoms with Gasteiger partial charge in [-0.25, -0.2) is 14.4 Å². The van der Waals surface area contributed by atoms with Crippen LogP contribution in [-0.2, 0) is 6.42 Å². The topological polar surface area (TPSA) is 66.9 Å². The van der Waals surface area contributed by atoms with Crippen molar-refractivity contribution in [3.8, 4) is 0 Å². The lowest BCUT2D eigenvalue weighted by Crippen LogP contribution is -2.16. The predicted molar refractivity (Wildman–Crippen MR) is 104 cm³/mol. The van der Waals surface area contributed by atoms with Crippen LogP contribution in [0.3, 0.4) is 0 Å². The van der Waals surface area contributed by atoms with Gasteiger partial charge in [0.2, 0.25) is 0 Å². The molecule has 0 spiro atoms. The summed E-state index contributed by atoms with van der Waals surface area (Å²) in [4.78, 5) is 20.9. The van der Waals surface area contributed by atoms with E-state index in [2.05, 4.69) is 32.7 Å². The van der Waals surface area contributed by atoms with Gasteiger partial charge in [-0.15, -0.1) is 0 Å². The Morgan fingerprint density at radius 2 is 1.85 bits per heavy atom. The fourth-order valence-electron chi connectivity index (χ4n) is 2.69. The van der Waals surface area contributed by atoms with E-state index in [-0.39, 0.29) is 5.69 Å². The molecule has 5 nitrogen and oxygen atoms in total. The minimum absolute atomic E-state index is 0.234. The minimum Gasteiger partial charge on any atom is -0.370 e. The lowest BCUT2D eigenvalue weighted by atomic mass is 10.1. The number of rotatable bonds is 7. The SMILES string of the molecule is Cc1nc(NCCCc2ccccc2)cc(C(=O)Nc2cccc(F)c2)n1. The number of halogens is 1. The van der Waals surface area contributed by atoms with Crippen LogP contribution < -0.4 is 10.6 Å². The van der Waals surface area contributed by atoms with Gasteiger partial charge in [0.15, 0.2) is 0 Å². The van der Waals surface area contributed by atoms with Crippen LogP contribution in [0.15, 0.2) is 60.7 Å². The second-order valence-corrected chi connectivity index (χ2v) is 6.17. The number of hydrogen-bond acceptors (Lipinski definition) is 4. The molecule has 0 fully saturated rings. The number of hydrogen-bond donors (Lipinski definition) is 2. The zero-order valence-corrected chi connectivity index (χ0v) is 15.1. The lowest BCUT2D eigenvalue weighted by Gasteiger charge is -2.09. The van der Waals surface area contributed by atoms with Crippen molar-refractivity contribution in [3.05, 3.63) is 83.6 Å². The van der Waals surface area contributed by atoms with Crippen LogP contribution in [-0.4, -0.2) is 22.4 Å². The first-order valence-corrected chi connectivity index (χ1v) is 8.80. The third-order valence-corrected chi connectivity index (χ3v) is 3.94. The number of nitrogens with zero attached hydrogens (tertiary/aromatic N) is 2. The number of aromatic nitrogens is 2. The normalized spacial score (nSPS) is 10.4. The maximum atomic E-state index is 13.3. The second kappa shape index (κ2) is 8.89. The molecule has 0 bridgehead atoms. The molecule has 0 aliphatic heterocycles. The van der Waals surface area contributed by atoms with Crippen LogP contribution in [0.1, 0.15) is 28.3 Å². The van der Waals surface area contributed by atoms with E-state index >= 15 is 0 Å². The fraction of sp³-hybridized carbons (Fsp3) is 0.190. The molecular weight excluding hydrogens is 343 g/mol. The fourth-order valence-corrected chi connectivity index (χ4v) is 2.69. The van der Waals surface area contributed by atoms with Crippen LogP contribution >= 0.6 is 0 Å². The first kappa shape index (κ1) is 18.5. The van der Waals surface area contributed by atoms with Crippen molar-refractivity contribution in [2.75, 3.05) is 17.2 Å². The summed E-state index contributed by atoms with van der Waals surface area (Å²) in [5.74, 6) is 0.276. The number of aryl methyl sites for hydroxylation is 2. The van der Waals surface area contributed by atoms with Gasteiger partial charge in [-0.2, -0.15) is 0 Å². The van der Waals surface area contributed by atoms with Gasteiger partial charge in [0.25, 0.3) is 5.91 Å². The number of anilines is 2. The van der Waals surface area contributed by atoms with Gasteiger partial charge in [0.05, 0.1) is 0 Å². The Morgan fingerprint density at radius 3 is 2.63 bits per heavy atom. The van der Waals surface area contributed by atoms with E-state index in [1.54, 1.807) is 19.1 Å². The highest BCUT2D eigenvalue weighted by Crippen LogP contribution is 2.13. The van der Waals surface area contributed by atoms with Crippen molar-refractivity contribution in [2.45, 2.75) is 19.8 Å². The van der Waals surface area contributed by atoms with Crippen LogP contribution in [0.5, 0.6) is 0 Å². The molecule has 0 aliphatic carbocycles. The Bertz CT molecular complexity index is 915. The van der Waals surface area contributed by atoms with E-state index in [4.69, 9.17) is 0 Å². The highest BCUT2D eigenvalue weighted by Gasteiger charge is 2.11. The Labute approximate surface area is 157 Å². The third kappa shape index (κ3) is 5.60. The van der Waals surface area contributed by atoms with Gasteiger partial charge in [-0.05, 0) is 43.5 Å². The molecule has 3 aromatic rings. The second-order valence-electron chi connectivity index (χ2n) is 6.17. The summed E-state index contributed by atoms with van der Waals surface area (Å²) in [6, 6.07) is 17.6. The Morgan fingerprint density at radius 1 is 1.04 bits per heavy atom. The molecule has 2 aromatic carbocycles. The molecule has 0 saturated heterocycles. The lowest BCUT2D eigenvalue weighted by molar-refractivity contribution is 0.102. The van der Waals surface area contributed by atoms with Crippen LogP contribution in [0.25, 0.3) is 0 Å². The molecule has 1 heterocycles. The molecular formula is C21H21FN4O. The van der Waals surface area contributed by atoms with Gasteiger partial charge in [0.1, 0.15) is 23.2 Å². The molecule has 0 atom stereocenters. The van der Waals surface area contributed by atoms with Crippen LogP contribution in [0.4, 0.5) is 15.9 Å². The van der Waals surface area contributed by atoms with E-state index in [1.165, 1.54) is 23.8 Å². The minimum atomic E-state index is -0.410. The first-order valence-electron chi connectivity index (χ1n) is 8.80. The molecule has 0 radical (unpaired) electrons. The van der Waals surface area contributed by atoms with Crippen molar-refractivity contribution >= 4 is 17.4 Å². The summed E-state index contributed by atoms with van der Waals surface area (Å²) in [5.41, 5.74) is 1.90. The summed E-state index contributed by atoms with van der Waals surface area (Å²) >= 11 is 0. The smallest absolute Gasteiger partial charge is 0.274 e. The van der Waals surface area contributed by atoms with Crippen molar-refractivity contribution < 1.29 is 9.18 Å². The Kier molecular flexibility index (Phi) is 6.10. The quantitative estimate of drug-likeness (QED) is 0.616. The molecule has 0 aliphatic rings. The average molecular weight is 364 g/mol. The van der Waals surface area contributed by atoms with Crippen molar-refractivity contribution in [1.29, 1.82) is 0 Å². The molecule has 1 aromatic heterocycles. The highest BCUT2D eigenvalue weighted by atomic mass is 19.1. The molecule has 0 unspecified atom stereocenters. The number of amides is 1. The molecule has 2 N–H and O–H groups in total. The van der Waals surface area contributed by atoms with Gasteiger partial charge in [0, 0.05) is 18.3 Å². The average Bonchev–Trinajstić information content (AvgIpc) is 2.66. The molecule has 3 rings (SSSR count). The zero-order chi connectivity index (χ0) is 19.1. The Balaban J connectivity index is 1.59. The van der Waals surface area contributed by atoms with Crippen molar-refractivity contribution in [2.24, 2.45) is 0 Å². The van der Waals surface area contributed by atoms with Gasteiger partial charge in [-0.1, -0.05) is 36.4 Å². The molecule has 1 amide bonds. The van der Waals surface area contributed by atoms with Gasteiger partial charge >= 0.3 is 0 Å². The molecule has 138 valence electrons. The number of carbonyl (C=O) groups excluding carboxylic acids is 1. The first-order chi connectivity index (χ1) is 13.1. The zero-order valence-electron chi connectivity index (χ0n) is 15.1. The standard InChI is InChI=1S/C21H21FN4O/c1-15-24-19(21(27)26-18-11-5-10-17(22)13-18)14-20(25-15)23-12-6-9-16-7-3-2-4-8-16/h2-5,7-8,10-11,13-14H,6,9,12H2,1H3,(H,26,27)(H,23,24,25). The number of benzene rings is 2.